The van der Waals surface area contributed by atoms with Crippen LogP contribution in [0.2, 0.25) is 0 Å². The fraction of sp³-hybridized carbons (Fsp3) is 0.517. The van der Waals surface area contributed by atoms with Gasteiger partial charge < -0.3 is 31.7 Å². The van der Waals surface area contributed by atoms with Crippen LogP contribution in [-0.2, 0) is 6.54 Å². The van der Waals surface area contributed by atoms with E-state index in [2.05, 4.69) is 60.0 Å². The van der Waals surface area contributed by atoms with E-state index in [4.69, 9.17) is 10.4 Å². The Bertz CT molecular complexity index is 1320. The Labute approximate surface area is 224 Å². The number of amides is 1. The molecular weight excluding hydrogens is 478 g/mol. The molecule has 2 aliphatic rings. The van der Waals surface area contributed by atoms with Crippen molar-refractivity contribution in [1.82, 2.24) is 25.9 Å². The summed E-state index contributed by atoms with van der Waals surface area (Å²) < 4.78 is 0. The van der Waals surface area contributed by atoms with Gasteiger partial charge in [-0.25, -0.2) is 4.98 Å². The molecule has 2 aromatic heterocycles. The molecule has 2 aliphatic heterocycles. The maximum absolute atomic E-state index is 13.6. The summed E-state index contributed by atoms with van der Waals surface area (Å²) in [6, 6.07) is 3.89. The first-order valence-electron chi connectivity index (χ1n) is 13.4. The van der Waals surface area contributed by atoms with E-state index in [0.29, 0.717) is 22.5 Å². The highest BCUT2D eigenvalue weighted by Gasteiger charge is 2.33. The summed E-state index contributed by atoms with van der Waals surface area (Å²) in [6.07, 6.45) is 6.00. The predicted octanol–water partition coefficient (Wildman–Crippen LogP) is 3.41. The lowest BCUT2D eigenvalue weighted by molar-refractivity contribution is 0.0950. The molecule has 9 heteroatoms. The van der Waals surface area contributed by atoms with E-state index in [-0.39, 0.29) is 35.1 Å². The van der Waals surface area contributed by atoms with Crippen molar-refractivity contribution in [2.24, 2.45) is 0 Å². The number of hydrogen-bond acceptors (Lipinski definition) is 7. The van der Waals surface area contributed by atoms with Crippen LogP contribution in [0, 0.1) is 19.3 Å². The van der Waals surface area contributed by atoms with Crippen molar-refractivity contribution in [2.45, 2.75) is 84.5 Å². The van der Waals surface area contributed by atoms with Gasteiger partial charge in [-0.05, 0) is 97.2 Å². The molecular formula is C29H41N7O2. The molecule has 0 atom stereocenters. The molecule has 1 fully saturated rings. The number of aryl methyl sites for hydroxylation is 2. The van der Waals surface area contributed by atoms with Gasteiger partial charge in [0.2, 0.25) is 0 Å². The third-order valence-electron chi connectivity index (χ3n) is 7.20. The molecule has 0 radical (unpaired) electrons. The van der Waals surface area contributed by atoms with Gasteiger partial charge in [-0.3, -0.25) is 9.59 Å². The van der Waals surface area contributed by atoms with Gasteiger partial charge in [0, 0.05) is 46.7 Å². The fourth-order valence-corrected chi connectivity index (χ4v) is 5.77. The lowest BCUT2D eigenvalue weighted by Gasteiger charge is -2.41. The van der Waals surface area contributed by atoms with Gasteiger partial charge in [-0.15, -0.1) is 0 Å². The number of aromatic amines is 1. The zero-order valence-corrected chi connectivity index (χ0v) is 23.4. The average Bonchev–Trinajstić information content (AvgIpc) is 2.81. The topological polar surface area (TPSA) is 135 Å². The van der Waals surface area contributed by atoms with Crippen molar-refractivity contribution in [1.29, 1.82) is 5.41 Å². The summed E-state index contributed by atoms with van der Waals surface area (Å²) in [5, 5.41) is 21.7. The first-order valence-corrected chi connectivity index (χ1v) is 13.4. The second-order valence-electron chi connectivity index (χ2n) is 11.8. The van der Waals surface area contributed by atoms with E-state index in [1.54, 1.807) is 6.07 Å². The highest BCUT2D eigenvalue weighted by molar-refractivity contribution is 6.05. The number of hydrogen-bond donors (Lipinski definition) is 6. The number of rotatable bonds is 7. The van der Waals surface area contributed by atoms with Crippen molar-refractivity contribution in [3.8, 4) is 0 Å². The lowest BCUT2D eigenvalue weighted by atomic mass is 9.82. The summed E-state index contributed by atoms with van der Waals surface area (Å²) in [4.78, 5) is 33.9. The molecule has 2 aromatic rings. The molecule has 4 rings (SSSR count). The molecule has 6 N–H and O–H groups in total. The van der Waals surface area contributed by atoms with E-state index < -0.39 is 0 Å². The Balaban J connectivity index is 1.74. The second kappa shape index (κ2) is 10.8. The average molecular weight is 520 g/mol. The Kier molecular flexibility index (Phi) is 7.90. The number of carbonyl (C=O) groups excluding carboxylic acids is 1. The molecule has 0 aromatic carbocycles. The summed E-state index contributed by atoms with van der Waals surface area (Å²) in [5.41, 5.74) is 4.14. The van der Waals surface area contributed by atoms with Gasteiger partial charge >= 0.3 is 0 Å². The number of piperidine rings is 1. The molecule has 9 nitrogen and oxygen atoms in total. The van der Waals surface area contributed by atoms with Gasteiger partial charge in [0.25, 0.3) is 11.5 Å². The number of anilines is 1. The molecule has 1 saturated heterocycles. The van der Waals surface area contributed by atoms with Crippen LogP contribution in [0.15, 0.2) is 23.0 Å². The zero-order valence-electron chi connectivity index (χ0n) is 23.4. The Morgan fingerprint density at radius 2 is 1.89 bits per heavy atom. The first kappa shape index (κ1) is 27.7. The number of carbonyl (C=O) groups is 1. The van der Waals surface area contributed by atoms with Crippen molar-refractivity contribution < 1.29 is 4.79 Å². The van der Waals surface area contributed by atoms with Gasteiger partial charge in [0.15, 0.2) is 0 Å². The highest BCUT2D eigenvalue weighted by atomic mass is 16.1. The third kappa shape index (κ3) is 6.39. The van der Waals surface area contributed by atoms with Crippen LogP contribution in [0.1, 0.15) is 85.4 Å². The maximum atomic E-state index is 13.6. The standard InChI is InChI=1S/C29H41N7O2/c1-17-11-18(2)33-27(38)23(17)16-32-26(37)21-12-24(19-13-28(3,4)36-29(5,6)14-19)35-25(22(21)15-30)34-20-7-9-31-10-8-20/h11-13,15,20,30-31,36H,7-10,14,16H2,1-6H3,(H,32,37)(H,33,38)(H,34,35). The minimum absolute atomic E-state index is 0.0963. The number of pyridine rings is 2. The second-order valence-corrected chi connectivity index (χ2v) is 11.8. The Morgan fingerprint density at radius 1 is 1.18 bits per heavy atom. The van der Waals surface area contributed by atoms with Gasteiger partial charge in [0.05, 0.1) is 11.3 Å². The molecule has 0 aliphatic carbocycles. The van der Waals surface area contributed by atoms with Crippen LogP contribution in [0.25, 0.3) is 5.57 Å². The van der Waals surface area contributed by atoms with E-state index >= 15 is 0 Å². The molecule has 0 bridgehead atoms. The largest absolute Gasteiger partial charge is 0.367 e. The molecule has 38 heavy (non-hydrogen) atoms. The van der Waals surface area contributed by atoms with E-state index in [1.807, 2.05) is 19.9 Å². The van der Waals surface area contributed by atoms with Crippen molar-refractivity contribution in [3.63, 3.8) is 0 Å². The van der Waals surface area contributed by atoms with E-state index in [1.165, 1.54) is 6.21 Å². The monoisotopic (exact) mass is 519 g/mol. The lowest BCUT2D eigenvalue weighted by Crippen LogP contribution is -2.53. The van der Waals surface area contributed by atoms with Gasteiger partial charge in [-0.2, -0.15) is 0 Å². The van der Waals surface area contributed by atoms with Crippen LogP contribution >= 0.6 is 0 Å². The van der Waals surface area contributed by atoms with Crippen molar-refractivity contribution >= 4 is 23.5 Å². The van der Waals surface area contributed by atoms with Gasteiger partial charge in [0.1, 0.15) is 5.82 Å². The maximum Gasteiger partial charge on any atom is 0.253 e. The number of nitrogens with one attached hydrogen (secondary N) is 6. The zero-order chi connectivity index (χ0) is 27.7. The molecule has 1 amide bonds. The van der Waals surface area contributed by atoms with Crippen LogP contribution in [0.5, 0.6) is 0 Å². The highest BCUT2D eigenvalue weighted by Crippen LogP contribution is 2.34. The van der Waals surface area contributed by atoms with Gasteiger partial charge in [-0.1, -0.05) is 6.08 Å². The molecule has 0 spiro atoms. The van der Waals surface area contributed by atoms with Crippen molar-refractivity contribution in [3.05, 3.63) is 62.2 Å². The van der Waals surface area contributed by atoms with E-state index in [9.17, 15) is 9.59 Å². The third-order valence-corrected chi connectivity index (χ3v) is 7.20. The smallest absolute Gasteiger partial charge is 0.253 e. The van der Waals surface area contributed by atoms with Crippen LogP contribution in [-0.4, -0.2) is 52.3 Å². The summed E-state index contributed by atoms with van der Waals surface area (Å²) in [5.74, 6) is 0.210. The fourth-order valence-electron chi connectivity index (χ4n) is 5.77. The quantitative estimate of drug-likeness (QED) is 0.311. The molecule has 4 heterocycles. The summed E-state index contributed by atoms with van der Waals surface area (Å²) in [7, 11) is 0. The van der Waals surface area contributed by atoms with Crippen LogP contribution in [0.3, 0.4) is 0 Å². The molecule has 0 unspecified atom stereocenters. The molecule has 0 saturated carbocycles. The minimum atomic E-state index is -0.340. The Hall–Kier alpha value is -3.30. The van der Waals surface area contributed by atoms with Crippen LogP contribution in [0.4, 0.5) is 5.82 Å². The summed E-state index contributed by atoms with van der Waals surface area (Å²) in [6.45, 7) is 14.2. The normalized spacial score (nSPS) is 18.9. The predicted molar refractivity (Wildman–Crippen MR) is 153 cm³/mol. The number of aromatic nitrogens is 2. The van der Waals surface area contributed by atoms with Crippen molar-refractivity contribution in [2.75, 3.05) is 18.4 Å². The molecule has 204 valence electrons. The minimum Gasteiger partial charge on any atom is -0.367 e. The summed E-state index contributed by atoms with van der Waals surface area (Å²) >= 11 is 0. The Morgan fingerprint density at radius 3 is 2.53 bits per heavy atom. The van der Waals surface area contributed by atoms with E-state index in [0.717, 1.165) is 54.9 Å². The van der Waals surface area contributed by atoms with Crippen LogP contribution < -0.4 is 26.8 Å². The number of nitrogens with zero attached hydrogens (tertiary/aromatic N) is 1. The SMILES string of the molecule is Cc1cc(C)c(CNC(=O)c2cc(C3=CC(C)(C)NC(C)(C)C3)nc(NC3CCNCC3)c2C=N)c(=O)[nH]1. The first-order chi connectivity index (χ1) is 17.9. The number of H-pyrrole nitrogens is 1.